The molecule has 0 amide bonds. The van der Waals surface area contributed by atoms with Crippen molar-refractivity contribution >= 4 is 28.1 Å². The van der Waals surface area contributed by atoms with Crippen LogP contribution in [-0.2, 0) is 12.8 Å². The zero-order valence-corrected chi connectivity index (χ0v) is 12.5. The summed E-state index contributed by atoms with van der Waals surface area (Å²) in [6.07, 6.45) is 3.16. The first-order chi connectivity index (χ1) is 10.3. The number of nitrogens with zero attached hydrogens (tertiary/aromatic N) is 3. The molecule has 0 radical (unpaired) electrons. The van der Waals surface area contributed by atoms with Gasteiger partial charge in [0.25, 0.3) is 0 Å². The van der Waals surface area contributed by atoms with Crippen LogP contribution in [0.2, 0.25) is 0 Å². The van der Waals surface area contributed by atoms with E-state index < -0.39 is 0 Å². The van der Waals surface area contributed by atoms with E-state index in [4.69, 9.17) is 0 Å². The Morgan fingerprint density at radius 1 is 1.29 bits per heavy atom. The van der Waals surface area contributed by atoms with Gasteiger partial charge in [0, 0.05) is 23.7 Å². The van der Waals surface area contributed by atoms with E-state index in [9.17, 15) is 4.39 Å². The zero-order valence-electron chi connectivity index (χ0n) is 11.6. The molecule has 1 N–H and O–H groups in total. The van der Waals surface area contributed by atoms with Gasteiger partial charge in [-0.15, -0.1) is 11.3 Å². The average Bonchev–Trinajstić information content (AvgIpc) is 2.96. The molecular weight excluding hydrogens is 287 g/mol. The molecule has 0 bridgehead atoms. The number of fused-ring (bicyclic) bond motifs is 1. The van der Waals surface area contributed by atoms with Gasteiger partial charge in [-0.1, -0.05) is 13.0 Å². The third-order valence-corrected chi connectivity index (χ3v) is 4.23. The molecule has 6 heteroatoms. The lowest BCUT2D eigenvalue weighted by Crippen LogP contribution is -2.07. The highest BCUT2D eigenvalue weighted by Gasteiger charge is 2.07. The number of nitrogens with one attached hydrogen (secondary N) is 1. The zero-order chi connectivity index (χ0) is 14.7. The second kappa shape index (κ2) is 6.13. The Bertz CT molecular complexity index is 756. The highest BCUT2D eigenvalue weighted by Crippen LogP contribution is 2.21. The topological polar surface area (TPSA) is 50.7 Å². The molecule has 2 aromatic heterocycles. The molecule has 0 spiro atoms. The van der Waals surface area contributed by atoms with E-state index in [-0.39, 0.29) is 5.82 Å². The molecule has 3 rings (SSSR count). The minimum atomic E-state index is -0.329. The minimum Gasteiger partial charge on any atom is -0.369 e. The quantitative estimate of drug-likeness (QED) is 0.784. The molecule has 0 aliphatic carbocycles. The van der Waals surface area contributed by atoms with E-state index in [1.165, 1.54) is 12.4 Å². The van der Waals surface area contributed by atoms with E-state index in [0.29, 0.717) is 23.3 Å². The number of rotatable bonds is 5. The van der Waals surface area contributed by atoms with Crippen molar-refractivity contribution in [2.45, 2.75) is 19.8 Å². The predicted octanol–water partition coefficient (Wildman–Crippen LogP) is 3.44. The van der Waals surface area contributed by atoms with Gasteiger partial charge in [0.05, 0.1) is 10.7 Å². The fourth-order valence-electron chi connectivity index (χ4n) is 2.13. The molecule has 0 saturated carbocycles. The third-order valence-electron chi connectivity index (χ3n) is 3.19. The van der Waals surface area contributed by atoms with Crippen LogP contribution in [0.25, 0.3) is 10.9 Å². The number of anilines is 1. The van der Waals surface area contributed by atoms with Crippen LogP contribution in [0.5, 0.6) is 0 Å². The molecule has 3 aromatic rings. The highest BCUT2D eigenvalue weighted by molar-refractivity contribution is 7.09. The third kappa shape index (κ3) is 3.00. The van der Waals surface area contributed by atoms with Crippen LogP contribution in [0.15, 0.2) is 29.9 Å². The Morgan fingerprint density at radius 3 is 3.00 bits per heavy atom. The minimum absolute atomic E-state index is 0.329. The number of benzene rings is 1. The normalized spacial score (nSPS) is 11.0. The second-order valence-corrected chi connectivity index (χ2v) is 5.56. The molecule has 21 heavy (non-hydrogen) atoms. The average molecular weight is 302 g/mol. The van der Waals surface area contributed by atoms with Gasteiger partial charge >= 0.3 is 0 Å². The molecular formula is C15H15FN4S. The Labute approximate surface area is 126 Å². The summed E-state index contributed by atoms with van der Waals surface area (Å²) < 4.78 is 13.7. The van der Waals surface area contributed by atoms with Crippen molar-refractivity contribution in [2.24, 2.45) is 0 Å². The molecule has 108 valence electrons. The van der Waals surface area contributed by atoms with E-state index in [1.807, 2.05) is 6.07 Å². The van der Waals surface area contributed by atoms with Crippen molar-refractivity contribution < 1.29 is 4.39 Å². The number of halogens is 1. The number of aryl methyl sites for hydroxylation is 1. The van der Waals surface area contributed by atoms with Gasteiger partial charge in [0.2, 0.25) is 0 Å². The Kier molecular flexibility index (Phi) is 4.06. The number of para-hydroxylation sites is 1. The number of aromatic nitrogens is 3. The van der Waals surface area contributed by atoms with Crippen LogP contribution in [0.4, 0.5) is 10.2 Å². The number of hydrogen-bond acceptors (Lipinski definition) is 5. The molecule has 0 saturated heterocycles. The first-order valence-corrected chi connectivity index (χ1v) is 7.72. The first-order valence-electron chi connectivity index (χ1n) is 6.84. The van der Waals surface area contributed by atoms with Crippen molar-refractivity contribution in [1.29, 1.82) is 0 Å². The van der Waals surface area contributed by atoms with Crippen LogP contribution in [0, 0.1) is 5.82 Å². The fraction of sp³-hybridized carbons (Fsp3) is 0.267. The maximum Gasteiger partial charge on any atom is 0.149 e. The molecule has 0 fully saturated rings. The number of thiazole rings is 1. The van der Waals surface area contributed by atoms with Crippen LogP contribution >= 0.6 is 11.3 Å². The predicted molar refractivity (Wildman–Crippen MR) is 83.2 cm³/mol. The molecule has 0 unspecified atom stereocenters. The summed E-state index contributed by atoms with van der Waals surface area (Å²) >= 11 is 1.69. The largest absolute Gasteiger partial charge is 0.369 e. The summed E-state index contributed by atoms with van der Waals surface area (Å²) in [5.74, 6) is 0.329. The van der Waals surface area contributed by atoms with Gasteiger partial charge in [-0.05, 0) is 18.6 Å². The molecule has 0 atom stereocenters. The van der Waals surface area contributed by atoms with Crippen LogP contribution in [-0.4, -0.2) is 21.5 Å². The van der Waals surface area contributed by atoms with Gasteiger partial charge in [-0.25, -0.2) is 19.3 Å². The summed E-state index contributed by atoms with van der Waals surface area (Å²) in [7, 11) is 0. The smallest absolute Gasteiger partial charge is 0.149 e. The lowest BCUT2D eigenvalue weighted by atomic mass is 10.2. The van der Waals surface area contributed by atoms with E-state index in [2.05, 4.69) is 32.6 Å². The van der Waals surface area contributed by atoms with Gasteiger partial charge in [-0.2, -0.15) is 0 Å². The Hall–Kier alpha value is -2.08. The summed E-state index contributed by atoms with van der Waals surface area (Å²) in [5, 5.41) is 7.17. The SMILES string of the molecule is CCc1nc(CCNc2ncnc3c(F)cccc23)cs1. The fourth-order valence-corrected chi connectivity index (χ4v) is 2.91. The van der Waals surface area contributed by atoms with Crippen LogP contribution in [0.3, 0.4) is 0 Å². The molecule has 0 aliphatic heterocycles. The molecule has 4 nitrogen and oxygen atoms in total. The standard InChI is InChI=1S/C15H15FN4S/c1-2-13-20-10(8-21-13)6-7-17-15-11-4-3-5-12(16)14(11)18-9-19-15/h3-5,8-9H,2,6-7H2,1H3,(H,17,18,19). The maximum absolute atomic E-state index is 13.7. The van der Waals surface area contributed by atoms with Gasteiger partial charge in [0.15, 0.2) is 0 Å². The Morgan fingerprint density at radius 2 is 2.19 bits per heavy atom. The molecule has 0 aliphatic rings. The van der Waals surface area contributed by atoms with Gasteiger partial charge in [0.1, 0.15) is 23.5 Å². The van der Waals surface area contributed by atoms with Crippen molar-refractivity contribution in [3.63, 3.8) is 0 Å². The van der Waals surface area contributed by atoms with Crippen molar-refractivity contribution in [3.8, 4) is 0 Å². The maximum atomic E-state index is 13.7. The Balaban J connectivity index is 1.72. The summed E-state index contributed by atoms with van der Waals surface area (Å²) in [6.45, 7) is 2.80. The molecule has 2 heterocycles. The van der Waals surface area contributed by atoms with Crippen molar-refractivity contribution in [2.75, 3.05) is 11.9 Å². The summed E-state index contributed by atoms with van der Waals surface area (Å²) in [4.78, 5) is 12.7. The van der Waals surface area contributed by atoms with Gasteiger partial charge in [-0.3, -0.25) is 0 Å². The van der Waals surface area contributed by atoms with E-state index >= 15 is 0 Å². The lowest BCUT2D eigenvalue weighted by Gasteiger charge is -2.07. The van der Waals surface area contributed by atoms with E-state index in [0.717, 1.165) is 23.5 Å². The van der Waals surface area contributed by atoms with Crippen LogP contribution in [0.1, 0.15) is 17.6 Å². The lowest BCUT2D eigenvalue weighted by molar-refractivity contribution is 0.636. The van der Waals surface area contributed by atoms with Crippen LogP contribution < -0.4 is 5.32 Å². The second-order valence-electron chi connectivity index (χ2n) is 4.62. The highest BCUT2D eigenvalue weighted by atomic mass is 32.1. The van der Waals surface area contributed by atoms with Crippen molar-refractivity contribution in [3.05, 3.63) is 46.4 Å². The summed E-state index contributed by atoms with van der Waals surface area (Å²) in [6, 6.07) is 4.89. The monoisotopic (exact) mass is 302 g/mol. The van der Waals surface area contributed by atoms with E-state index in [1.54, 1.807) is 17.4 Å². The molecule has 1 aromatic carbocycles. The summed E-state index contributed by atoms with van der Waals surface area (Å²) in [5.41, 5.74) is 1.42. The number of hydrogen-bond donors (Lipinski definition) is 1. The first kappa shape index (κ1) is 13.9. The van der Waals surface area contributed by atoms with Gasteiger partial charge < -0.3 is 5.32 Å². The van der Waals surface area contributed by atoms with Crippen molar-refractivity contribution in [1.82, 2.24) is 15.0 Å².